The fourth-order valence-corrected chi connectivity index (χ4v) is 5.20. The predicted molar refractivity (Wildman–Crippen MR) is 80.7 cm³/mol. The second-order valence-electron chi connectivity index (χ2n) is 5.87. The highest BCUT2D eigenvalue weighted by Crippen LogP contribution is 2.55. The zero-order chi connectivity index (χ0) is 14.3. The lowest BCUT2D eigenvalue weighted by molar-refractivity contribution is -0.140. The molecule has 4 heteroatoms. The van der Waals surface area contributed by atoms with Crippen LogP contribution in [-0.2, 0) is 9.59 Å². The molecule has 3 nitrogen and oxygen atoms in total. The average Bonchev–Trinajstić information content (AvgIpc) is 2.72. The predicted octanol–water partition coefficient (Wildman–Crippen LogP) is 2.64. The quantitative estimate of drug-likeness (QED) is 0.808. The summed E-state index contributed by atoms with van der Waals surface area (Å²) >= 11 is 1.88. The number of thioether (sulfide) groups is 1. The number of carbonyl (C=O) groups is 2. The van der Waals surface area contributed by atoms with Gasteiger partial charge in [-0.05, 0) is 30.2 Å². The van der Waals surface area contributed by atoms with E-state index in [0.717, 1.165) is 23.3 Å². The molecule has 106 valence electrons. The van der Waals surface area contributed by atoms with Gasteiger partial charge in [0.25, 0.3) is 0 Å². The first kappa shape index (κ1) is 13.7. The number of hydrogen-bond donors (Lipinski definition) is 1. The van der Waals surface area contributed by atoms with Crippen LogP contribution in [0.2, 0.25) is 0 Å². The molecule has 0 aromatic heterocycles. The van der Waals surface area contributed by atoms with Gasteiger partial charge in [0.05, 0.1) is 5.92 Å². The molecule has 2 aliphatic heterocycles. The van der Waals surface area contributed by atoms with Crippen LogP contribution in [0, 0.1) is 12.3 Å². The molecule has 1 spiro atoms. The van der Waals surface area contributed by atoms with Crippen molar-refractivity contribution in [1.82, 2.24) is 5.32 Å². The number of aryl methyl sites for hydroxylation is 1. The summed E-state index contributed by atoms with van der Waals surface area (Å²) in [6.45, 7) is 4.20. The van der Waals surface area contributed by atoms with Crippen LogP contribution in [0.15, 0.2) is 24.3 Å². The monoisotopic (exact) mass is 289 g/mol. The van der Waals surface area contributed by atoms with Gasteiger partial charge >= 0.3 is 0 Å². The molecule has 3 rings (SSSR count). The van der Waals surface area contributed by atoms with Crippen LogP contribution in [-0.4, -0.2) is 22.8 Å². The van der Waals surface area contributed by atoms with E-state index in [-0.39, 0.29) is 23.1 Å². The van der Waals surface area contributed by atoms with E-state index in [2.05, 4.69) is 12.2 Å². The zero-order valence-electron chi connectivity index (χ0n) is 11.8. The molecule has 0 saturated carbocycles. The van der Waals surface area contributed by atoms with E-state index in [9.17, 15) is 9.59 Å². The van der Waals surface area contributed by atoms with Crippen molar-refractivity contribution in [2.24, 2.45) is 5.41 Å². The first-order valence-electron chi connectivity index (χ1n) is 7.05. The Morgan fingerprint density at radius 1 is 1.30 bits per heavy atom. The Bertz CT molecular complexity index is 571. The standard InChI is InChI=1S/C16H19NO2S/c1-10-5-3-4-6-12(10)14-15(19)17-13(18)9-16(14)7-8-20-11(16)2/h3-6,11,14H,7-9H2,1-2H3,(H,17,18,19). The second-order valence-corrected chi connectivity index (χ2v) is 7.32. The molecule has 1 aromatic carbocycles. The van der Waals surface area contributed by atoms with Crippen molar-refractivity contribution in [2.45, 2.75) is 37.9 Å². The Morgan fingerprint density at radius 3 is 2.70 bits per heavy atom. The van der Waals surface area contributed by atoms with Crippen LogP contribution < -0.4 is 5.32 Å². The lowest BCUT2D eigenvalue weighted by Crippen LogP contribution is -2.53. The van der Waals surface area contributed by atoms with Crippen molar-refractivity contribution in [3.63, 3.8) is 0 Å². The summed E-state index contributed by atoms with van der Waals surface area (Å²) < 4.78 is 0. The fraction of sp³-hybridized carbons (Fsp3) is 0.500. The van der Waals surface area contributed by atoms with Gasteiger partial charge in [-0.2, -0.15) is 11.8 Å². The number of nitrogens with one attached hydrogen (secondary N) is 1. The van der Waals surface area contributed by atoms with Crippen molar-refractivity contribution in [2.75, 3.05) is 5.75 Å². The van der Waals surface area contributed by atoms with Gasteiger partial charge in [-0.25, -0.2) is 0 Å². The van der Waals surface area contributed by atoms with Crippen LogP contribution in [0.5, 0.6) is 0 Å². The van der Waals surface area contributed by atoms with Crippen molar-refractivity contribution >= 4 is 23.6 Å². The maximum Gasteiger partial charge on any atom is 0.234 e. The summed E-state index contributed by atoms with van der Waals surface area (Å²) in [5.41, 5.74) is 1.99. The Kier molecular flexibility index (Phi) is 3.36. The van der Waals surface area contributed by atoms with Crippen molar-refractivity contribution in [3.8, 4) is 0 Å². The minimum absolute atomic E-state index is 0.116. The summed E-state index contributed by atoms with van der Waals surface area (Å²) in [5.74, 6) is 0.592. The molecule has 0 aliphatic carbocycles. The Labute approximate surface area is 123 Å². The van der Waals surface area contributed by atoms with Crippen molar-refractivity contribution in [1.29, 1.82) is 0 Å². The number of imide groups is 1. The summed E-state index contributed by atoms with van der Waals surface area (Å²) in [6.07, 6.45) is 1.41. The van der Waals surface area contributed by atoms with E-state index in [1.807, 2.05) is 43.0 Å². The van der Waals surface area contributed by atoms with Gasteiger partial charge < -0.3 is 0 Å². The highest BCUT2D eigenvalue weighted by atomic mass is 32.2. The SMILES string of the molecule is Cc1ccccc1C1C(=O)NC(=O)CC12CCSC2C. The van der Waals surface area contributed by atoms with E-state index < -0.39 is 0 Å². The van der Waals surface area contributed by atoms with Crippen LogP contribution in [0.25, 0.3) is 0 Å². The van der Waals surface area contributed by atoms with Gasteiger partial charge in [-0.3, -0.25) is 14.9 Å². The molecule has 2 saturated heterocycles. The summed E-state index contributed by atoms with van der Waals surface area (Å²) in [5, 5.41) is 2.87. The molecular formula is C16H19NO2S. The zero-order valence-corrected chi connectivity index (χ0v) is 12.6. The largest absolute Gasteiger partial charge is 0.296 e. The average molecular weight is 289 g/mol. The molecule has 1 aromatic rings. The van der Waals surface area contributed by atoms with Gasteiger partial charge in [0.1, 0.15) is 0 Å². The third kappa shape index (κ3) is 1.97. The van der Waals surface area contributed by atoms with Crippen molar-refractivity contribution in [3.05, 3.63) is 35.4 Å². The molecule has 3 atom stereocenters. The van der Waals surface area contributed by atoms with Crippen LogP contribution in [0.1, 0.15) is 36.8 Å². The van der Waals surface area contributed by atoms with Crippen LogP contribution in [0.4, 0.5) is 0 Å². The molecule has 3 unspecified atom stereocenters. The maximum atomic E-state index is 12.5. The van der Waals surface area contributed by atoms with E-state index in [4.69, 9.17) is 0 Å². The first-order valence-corrected chi connectivity index (χ1v) is 8.10. The highest BCUT2D eigenvalue weighted by Gasteiger charge is 2.54. The van der Waals surface area contributed by atoms with Gasteiger partial charge in [-0.1, -0.05) is 31.2 Å². The smallest absolute Gasteiger partial charge is 0.234 e. The van der Waals surface area contributed by atoms with Gasteiger partial charge in [-0.15, -0.1) is 0 Å². The minimum atomic E-state index is -0.212. The highest BCUT2D eigenvalue weighted by molar-refractivity contribution is 8.00. The first-order chi connectivity index (χ1) is 9.54. The van der Waals surface area contributed by atoms with E-state index in [1.165, 1.54) is 0 Å². The van der Waals surface area contributed by atoms with E-state index in [0.29, 0.717) is 11.7 Å². The molecular weight excluding hydrogens is 270 g/mol. The topological polar surface area (TPSA) is 46.2 Å². The number of hydrogen-bond acceptors (Lipinski definition) is 3. The molecule has 2 heterocycles. The molecule has 2 fully saturated rings. The second kappa shape index (κ2) is 4.92. The van der Waals surface area contributed by atoms with Gasteiger partial charge in [0.15, 0.2) is 0 Å². The van der Waals surface area contributed by atoms with Crippen molar-refractivity contribution < 1.29 is 9.59 Å². The van der Waals surface area contributed by atoms with Crippen LogP contribution in [0.3, 0.4) is 0 Å². The Balaban J connectivity index is 2.12. The number of piperidine rings is 1. The normalized spacial score (nSPS) is 33.5. The van der Waals surface area contributed by atoms with Gasteiger partial charge in [0.2, 0.25) is 11.8 Å². The lowest BCUT2D eigenvalue weighted by atomic mass is 9.63. The Hall–Kier alpha value is -1.29. The summed E-state index contributed by atoms with van der Waals surface area (Å²) in [6, 6.07) is 8.04. The Morgan fingerprint density at radius 2 is 2.05 bits per heavy atom. The van der Waals surface area contributed by atoms with E-state index >= 15 is 0 Å². The molecule has 2 amide bonds. The summed E-state index contributed by atoms with van der Waals surface area (Å²) in [4.78, 5) is 24.4. The molecule has 1 N–H and O–H groups in total. The van der Waals surface area contributed by atoms with E-state index in [1.54, 1.807) is 0 Å². The molecule has 2 aliphatic rings. The summed E-state index contributed by atoms with van der Waals surface area (Å²) in [7, 11) is 0. The lowest BCUT2D eigenvalue weighted by Gasteiger charge is -2.43. The fourth-order valence-electron chi connectivity index (χ4n) is 3.68. The maximum absolute atomic E-state index is 12.5. The third-order valence-corrected chi connectivity index (χ3v) is 6.24. The molecule has 0 bridgehead atoms. The number of amides is 2. The number of carbonyl (C=O) groups excluding carboxylic acids is 2. The number of rotatable bonds is 1. The molecule has 0 radical (unpaired) electrons. The molecule has 20 heavy (non-hydrogen) atoms. The van der Waals surface area contributed by atoms with Crippen LogP contribution >= 0.6 is 11.8 Å². The third-order valence-electron chi connectivity index (χ3n) is 4.83. The minimum Gasteiger partial charge on any atom is -0.296 e. The number of benzene rings is 1. The van der Waals surface area contributed by atoms with Gasteiger partial charge in [0, 0.05) is 17.1 Å².